The van der Waals surface area contributed by atoms with Crippen LogP contribution in [0.1, 0.15) is 29.6 Å². The fourth-order valence-corrected chi connectivity index (χ4v) is 4.09. The summed E-state index contributed by atoms with van der Waals surface area (Å²) in [5.41, 5.74) is 2.30. The van der Waals surface area contributed by atoms with Crippen LogP contribution in [-0.2, 0) is 29.2 Å². The largest absolute Gasteiger partial charge is 0.354 e. The highest BCUT2D eigenvalue weighted by molar-refractivity contribution is 14.0. The van der Waals surface area contributed by atoms with Crippen LogP contribution in [-0.4, -0.2) is 44.5 Å². The number of benzene rings is 1. The molecule has 0 saturated heterocycles. The van der Waals surface area contributed by atoms with Crippen molar-refractivity contribution in [2.75, 3.05) is 19.1 Å². The van der Waals surface area contributed by atoms with Gasteiger partial charge < -0.3 is 10.6 Å². The maximum Gasteiger partial charge on any atom is 0.191 e. The second-order valence-corrected chi connectivity index (χ2v) is 9.81. The molecular formula is C19H29IN4O2S2. The molecule has 0 aliphatic heterocycles. The molecule has 0 amide bonds. The molecule has 0 radical (unpaired) electrons. The van der Waals surface area contributed by atoms with E-state index in [4.69, 9.17) is 0 Å². The summed E-state index contributed by atoms with van der Waals surface area (Å²) in [6, 6.07) is 10.4. The van der Waals surface area contributed by atoms with Crippen LogP contribution in [0.25, 0.3) is 0 Å². The number of sulfone groups is 1. The van der Waals surface area contributed by atoms with Crippen molar-refractivity contribution in [1.29, 1.82) is 0 Å². The maximum absolute atomic E-state index is 11.3. The third kappa shape index (κ3) is 9.83. The molecule has 1 unspecified atom stereocenters. The number of hydrogen-bond donors (Lipinski definition) is 2. The Labute approximate surface area is 189 Å². The Bertz CT molecular complexity index is 839. The molecule has 1 heterocycles. The molecule has 2 rings (SSSR count). The van der Waals surface area contributed by atoms with Gasteiger partial charge in [-0.05, 0) is 25.3 Å². The summed E-state index contributed by atoms with van der Waals surface area (Å²) in [4.78, 5) is 8.86. The van der Waals surface area contributed by atoms with Gasteiger partial charge in [0.15, 0.2) is 5.96 Å². The number of nitrogens with zero attached hydrogens (tertiary/aromatic N) is 2. The highest BCUT2D eigenvalue weighted by Crippen LogP contribution is 2.13. The number of rotatable bonds is 9. The van der Waals surface area contributed by atoms with Gasteiger partial charge in [-0.3, -0.25) is 4.99 Å². The van der Waals surface area contributed by atoms with Crippen LogP contribution in [0.4, 0.5) is 0 Å². The first kappa shape index (κ1) is 24.8. The predicted molar refractivity (Wildman–Crippen MR) is 129 cm³/mol. The van der Waals surface area contributed by atoms with Crippen LogP contribution in [0.2, 0.25) is 0 Å². The third-order valence-corrected chi connectivity index (χ3v) is 5.97. The quantitative estimate of drug-likeness (QED) is 0.293. The zero-order valence-electron chi connectivity index (χ0n) is 16.5. The van der Waals surface area contributed by atoms with Crippen molar-refractivity contribution in [3.63, 3.8) is 0 Å². The van der Waals surface area contributed by atoms with Gasteiger partial charge in [0.1, 0.15) is 9.84 Å². The Hall–Kier alpha value is -1.20. The van der Waals surface area contributed by atoms with E-state index in [0.717, 1.165) is 23.5 Å². The molecule has 0 aliphatic carbocycles. The van der Waals surface area contributed by atoms with Gasteiger partial charge in [-0.25, -0.2) is 13.4 Å². The van der Waals surface area contributed by atoms with Crippen LogP contribution in [0.5, 0.6) is 0 Å². The molecule has 2 N–H and O–H groups in total. The van der Waals surface area contributed by atoms with Gasteiger partial charge in [0.25, 0.3) is 0 Å². The summed E-state index contributed by atoms with van der Waals surface area (Å²) in [6.07, 6.45) is 3.72. The number of nitrogens with one attached hydrogen (secondary N) is 2. The minimum Gasteiger partial charge on any atom is -0.354 e. The van der Waals surface area contributed by atoms with Gasteiger partial charge in [-0.15, -0.1) is 35.3 Å². The van der Waals surface area contributed by atoms with E-state index in [0.29, 0.717) is 18.9 Å². The number of halogens is 1. The second-order valence-electron chi connectivity index (χ2n) is 6.61. The number of guanidine groups is 1. The Kier molecular flexibility index (Phi) is 11.0. The Morgan fingerprint density at radius 2 is 1.96 bits per heavy atom. The smallest absolute Gasteiger partial charge is 0.191 e. The summed E-state index contributed by atoms with van der Waals surface area (Å²) >= 11 is 1.67. The average molecular weight is 537 g/mol. The summed E-state index contributed by atoms with van der Waals surface area (Å²) in [5.74, 6) is 0.810. The molecule has 156 valence electrons. The van der Waals surface area contributed by atoms with Crippen molar-refractivity contribution in [3.8, 4) is 0 Å². The van der Waals surface area contributed by atoms with Crippen molar-refractivity contribution < 1.29 is 8.42 Å². The van der Waals surface area contributed by atoms with Gasteiger partial charge in [-0.2, -0.15) is 0 Å². The minimum absolute atomic E-state index is 0. The summed E-state index contributed by atoms with van der Waals surface area (Å²) in [5, 5.41) is 9.64. The van der Waals surface area contributed by atoms with E-state index < -0.39 is 9.84 Å². The van der Waals surface area contributed by atoms with Crippen LogP contribution in [0, 0.1) is 0 Å². The predicted octanol–water partition coefficient (Wildman–Crippen LogP) is 3.03. The Balaban J connectivity index is 0.00000392. The van der Waals surface area contributed by atoms with Gasteiger partial charge in [0.2, 0.25) is 0 Å². The molecule has 6 nitrogen and oxygen atoms in total. The molecule has 0 spiro atoms. The Morgan fingerprint density at radius 3 is 2.61 bits per heavy atom. The van der Waals surface area contributed by atoms with E-state index in [-0.39, 0.29) is 35.8 Å². The average Bonchev–Trinajstić information content (AvgIpc) is 3.10. The number of aromatic nitrogens is 1. The van der Waals surface area contributed by atoms with Gasteiger partial charge in [0, 0.05) is 31.1 Å². The van der Waals surface area contributed by atoms with Gasteiger partial charge in [0.05, 0.1) is 23.0 Å². The van der Waals surface area contributed by atoms with Crippen molar-refractivity contribution in [1.82, 2.24) is 15.6 Å². The fraction of sp³-hybridized carbons (Fsp3) is 0.474. The summed E-state index contributed by atoms with van der Waals surface area (Å²) < 4.78 is 22.5. The van der Waals surface area contributed by atoms with E-state index in [9.17, 15) is 8.42 Å². The molecule has 9 heteroatoms. The lowest BCUT2D eigenvalue weighted by atomic mass is 10.1. The first-order valence-corrected chi connectivity index (χ1v) is 11.9. The molecule has 0 bridgehead atoms. The van der Waals surface area contributed by atoms with Crippen molar-refractivity contribution >= 4 is 51.1 Å². The lowest BCUT2D eigenvalue weighted by Crippen LogP contribution is -2.42. The first-order chi connectivity index (χ1) is 12.9. The maximum atomic E-state index is 11.3. The number of aliphatic imine (C=N–C) groups is 1. The normalized spacial score (nSPS) is 12.9. The molecule has 0 fully saturated rings. The van der Waals surface area contributed by atoms with Gasteiger partial charge in [-0.1, -0.05) is 30.3 Å². The van der Waals surface area contributed by atoms with Crippen LogP contribution < -0.4 is 10.6 Å². The van der Waals surface area contributed by atoms with Crippen molar-refractivity contribution in [3.05, 3.63) is 52.0 Å². The number of hydrogen-bond acceptors (Lipinski definition) is 5. The molecule has 1 aromatic carbocycles. The van der Waals surface area contributed by atoms with E-state index >= 15 is 0 Å². The standard InChI is InChI=1S/C19H28N4O2S2.HI/c1-15(11-12-27(3,24)25)22-19(20-2)21-13-17-14-26-18(23-17)10-9-16-7-5-4-6-8-16;/h4-8,14-15H,9-13H2,1-3H3,(H2,20,21,22);1H. The van der Waals surface area contributed by atoms with E-state index in [1.54, 1.807) is 18.4 Å². The molecule has 1 aromatic heterocycles. The zero-order chi connectivity index (χ0) is 19.7. The Morgan fingerprint density at radius 1 is 1.25 bits per heavy atom. The monoisotopic (exact) mass is 536 g/mol. The molecule has 2 aromatic rings. The topological polar surface area (TPSA) is 83.4 Å². The lowest BCUT2D eigenvalue weighted by molar-refractivity contribution is 0.581. The third-order valence-electron chi connectivity index (χ3n) is 4.04. The van der Waals surface area contributed by atoms with Crippen LogP contribution in [0.3, 0.4) is 0 Å². The summed E-state index contributed by atoms with van der Waals surface area (Å²) in [7, 11) is -1.25. The van der Waals surface area contributed by atoms with Gasteiger partial charge >= 0.3 is 0 Å². The summed E-state index contributed by atoms with van der Waals surface area (Å²) in [6.45, 7) is 2.53. The van der Waals surface area contributed by atoms with Crippen LogP contribution >= 0.6 is 35.3 Å². The SMILES string of the molecule is CN=C(NCc1csc(CCc2ccccc2)n1)NC(C)CCS(C)(=O)=O.I. The van der Waals surface area contributed by atoms with Crippen molar-refractivity contribution in [2.45, 2.75) is 38.8 Å². The molecule has 28 heavy (non-hydrogen) atoms. The first-order valence-electron chi connectivity index (χ1n) is 8.98. The molecular weight excluding hydrogens is 507 g/mol. The highest BCUT2D eigenvalue weighted by atomic mass is 127. The van der Waals surface area contributed by atoms with Crippen molar-refractivity contribution in [2.24, 2.45) is 4.99 Å². The molecule has 1 atom stereocenters. The van der Waals surface area contributed by atoms with E-state index in [1.807, 2.05) is 13.0 Å². The minimum atomic E-state index is -2.95. The lowest BCUT2D eigenvalue weighted by Gasteiger charge is -2.17. The number of thiazole rings is 1. The molecule has 0 saturated carbocycles. The zero-order valence-corrected chi connectivity index (χ0v) is 20.5. The fourth-order valence-electron chi connectivity index (χ4n) is 2.51. The second kappa shape index (κ2) is 12.4. The molecule has 0 aliphatic rings. The highest BCUT2D eigenvalue weighted by Gasteiger charge is 2.10. The van der Waals surface area contributed by atoms with Crippen LogP contribution in [0.15, 0.2) is 40.7 Å². The van der Waals surface area contributed by atoms with E-state index in [1.165, 1.54) is 11.8 Å². The van der Waals surface area contributed by atoms with E-state index in [2.05, 4.69) is 50.3 Å². The number of aryl methyl sites for hydroxylation is 2.